The molecular weight excluding hydrogens is 322 g/mol. The van der Waals surface area contributed by atoms with Gasteiger partial charge < -0.3 is 9.47 Å². The largest absolute Gasteiger partial charge is 0.325 e. The van der Waals surface area contributed by atoms with Crippen LogP contribution in [0, 0.1) is 0 Å². The first kappa shape index (κ1) is 17.9. The molecular formula is C17H21N5OS. The van der Waals surface area contributed by atoms with Crippen molar-refractivity contribution in [3.63, 3.8) is 0 Å². The second kappa shape index (κ2) is 7.92. The van der Waals surface area contributed by atoms with E-state index in [-0.39, 0.29) is 11.9 Å². The van der Waals surface area contributed by atoms with E-state index in [1.807, 2.05) is 26.3 Å². The number of nitrogens with zero attached hydrogens (tertiary/aromatic N) is 5. The van der Waals surface area contributed by atoms with Crippen molar-refractivity contribution in [1.82, 2.24) is 14.5 Å². The van der Waals surface area contributed by atoms with Crippen LogP contribution in [0.3, 0.4) is 0 Å². The third-order valence-corrected chi connectivity index (χ3v) is 4.38. The molecule has 0 aromatic carbocycles. The van der Waals surface area contributed by atoms with Crippen molar-refractivity contribution >= 4 is 28.4 Å². The number of amides is 1. The zero-order valence-corrected chi connectivity index (χ0v) is 15.1. The number of rotatable bonds is 5. The Morgan fingerprint density at radius 2 is 2.25 bits per heavy atom. The monoisotopic (exact) mass is 343 g/mol. The Hall–Kier alpha value is -2.41. The van der Waals surface area contributed by atoms with E-state index in [1.165, 1.54) is 0 Å². The van der Waals surface area contributed by atoms with E-state index in [0.29, 0.717) is 11.5 Å². The summed E-state index contributed by atoms with van der Waals surface area (Å²) in [5.74, 6) is 0.527. The number of carbonyl (C=O) groups is 1. The molecule has 0 saturated carbocycles. The number of carbonyl (C=O) groups excluding carboxylic acids is 1. The fourth-order valence-electron chi connectivity index (χ4n) is 2.20. The van der Waals surface area contributed by atoms with Crippen LogP contribution in [0.15, 0.2) is 48.4 Å². The van der Waals surface area contributed by atoms with Gasteiger partial charge in [-0.15, -0.1) is 18.3 Å². The number of pyridine rings is 1. The Kier molecular flexibility index (Phi) is 5.92. The fraction of sp³-hybridized carbons (Fsp3) is 0.294. The van der Waals surface area contributed by atoms with E-state index in [0.717, 1.165) is 10.7 Å². The second-order valence-corrected chi connectivity index (χ2v) is 6.17. The van der Waals surface area contributed by atoms with Crippen LogP contribution in [0.4, 0.5) is 5.69 Å². The molecule has 1 amide bonds. The highest BCUT2D eigenvalue weighted by Gasteiger charge is 2.22. The van der Waals surface area contributed by atoms with E-state index in [2.05, 4.69) is 21.5 Å². The summed E-state index contributed by atoms with van der Waals surface area (Å²) in [6.45, 7) is 5.77. The molecule has 0 aliphatic rings. The van der Waals surface area contributed by atoms with Gasteiger partial charge in [-0.1, -0.05) is 6.08 Å². The molecule has 2 rings (SSSR count). The molecule has 24 heavy (non-hydrogen) atoms. The lowest BCUT2D eigenvalue weighted by Crippen LogP contribution is -2.28. The van der Waals surface area contributed by atoms with E-state index in [9.17, 15) is 4.79 Å². The van der Waals surface area contributed by atoms with Crippen LogP contribution >= 0.6 is 11.8 Å². The predicted molar refractivity (Wildman–Crippen MR) is 99.7 cm³/mol. The highest BCUT2D eigenvalue weighted by Crippen LogP contribution is 2.21. The standard InChI is InChI=1S/C17H21N5OS/c1-6-14(20-12(2)24-5)16-19-11-15(22(16)4)17(23)21(3)13-8-7-9-18-10-13/h6-11,14H,1H2,2-5H3/b20-12+. The van der Waals surface area contributed by atoms with Gasteiger partial charge in [-0.05, 0) is 25.3 Å². The Bertz CT molecular complexity index is 754. The topological polar surface area (TPSA) is 63.4 Å². The van der Waals surface area contributed by atoms with Crippen LogP contribution in [0.5, 0.6) is 0 Å². The van der Waals surface area contributed by atoms with Gasteiger partial charge >= 0.3 is 0 Å². The maximum Gasteiger partial charge on any atom is 0.276 e. The summed E-state index contributed by atoms with van der Waals surface area (Å²) in [6, 6.07) is 3.34. The molecule has 0 N–H and O–H groups in total. The molecule has 0 aliphatic heterocycles. The van der Waals surface area contributed by atoms with Crippen LogP contribution in [-0.2, 0) is 7.05 Å². The molecule has 1 unspecified atom stereocenters. The lowest BCUT2D eigenvalue weighted by molar-refractivity contribution is 0.0985. The first-order chi connectivity index (χ1) is 11.5. The smallest absolute Gasteiger partial charge is 0.276 e. The van der Waals surface area contributed by atoms with Crippen molar-refractivity contribution in [2.75, 3.05) is 18.2 Å². The van der Waals surface area contributed by atoms with Gasteiger partial charge in [0.15, 0.2) is 0 Å². The van der Waals surface area contributed by atoms with E-state index in [1.54, 1.807) is 59.0 Å². The number of aromatic nitrogens is 3. The SMILES string of the molecule is C=CC(/N=C(\C)SC)c1ncc(C(=O)N(C)c2cccnc2)n1C. The van der Waals surface area contributed by atoms with E-state index in [4.69, 9.17) is 0 Å². The molecule has 0 radical (unpaired) electrons. The van der Waals surface area contributed by atoms with Gasteiger partial charge in [0, 0.05) is 20.3 Å². The second-order valence-electron chi connectivity index (χ2n) is 5.17. The summed E-state index contributed by atoms with van der Waals surface area (Å²) in [5, 5.41) is 0.934. The summed E-state index contributed by atoms with van der Waals surface area (Å²) in [4.78, 5) is 27.3. The summed E-state index contributed by atoms with van der Waals surface area (Å²) in [5.41, 5.74) is 1.21. The molecule has 0 saturated heterocycles. The number of hydrogen-bond donors (Lipinski definition) is 0. The highest BCUT2D eigenvalue weighted by molar-refractivity contribution is 8.13. The first-order valence-electron chi connectivity index (χ1n) is 7.40. The predicted octanol–water partition coefficient (Wildman–Crippen LogP) is 3.10. The Morgan fingerprint density at radius 1 is 1.50 bits per heavy atom. The zero-order valence-electron chi connectivity index (χ0n) is 14.3. The van der Waals surface area contributed by atoms with Crippen LogP contribution in [0.1, 0.15) is 29.3 Å². The van der Waals surface area contributed by atoms with Crippen molar-refractivity contribution in [3.05, 3.63) is 54.9 Å². The molecule has 0 bridgehead atoms. The molecule has 2 aromatic heterocycles. The molecule has 6 nitrogen and oxygen atoms in total. The fourth-order valence-corrected chi connectivity index (χ4v) is 2.42. The molecule has 2 heterocycles. The Morgan fingerprint density at radius 3 is 2.83 bits per heavy atom. The maximum absolute atomic E-state index is 12.7. The van der Waals surface area contributed by atoms with Crippen molar-refractivity contribution in [2.24, 2.45) is 12.0 Å². The molecule has 1 atom stereocenters. The molecule has 0 fully saturated rings. The lowest BCUT2D eigenvalue weighted by Gasteiger charge is -2.17. The van der Waals surface area contributed by atoms with Gasteiger partial charge in [0.25, 0.3) is 5.91 Å². The third-order valence-electron chi connectivity index (χ3n) is 3.69. The Balaban J connectivity index is 2.32. The Labute approximate surface area is 146 Å². The number of anilines is 1. The van der Waals surface area contributed by atoms with Crippen molar-refractivity contribution in [2.45, 2.75) is 13.0 Å². The molecule has 2 aromatic rings. The average Bonchev–Trinajstić information content (AvgIpc) is 3.00. The zero-order chi connectivity index (χ0) is 17.7. The van der Waals surface area contributed by atoms with Gasteiger partial charge in [0.1, 0.15) is 17.6 Å². The van der Waals surface area contributed by atoms with Crippen LogP contribution in [-0.4, -0.2) is 38.8 Å². The minimum absolute atomic E-state index is 0.155. The molecule has 0 aliphatic carbocycles. The van der Waals surface area contributed by atoms with E-state index < -0.39 is 0 Å². The number of thioether (sulfide) groups is 1. The van der Waals surface area contributed by atoms with Crippen molar-refractivity contribution < 1.29 is 4.79 Å². The van der Waals surface area contributed by atoms with Crippen LogP contribution < -0.4 is 4.90 Å². The molecule has 7 heteroatoms. The molecule has 126 valence electrons. The van der Waals surface area contributed by atoms with Crippen molar-refractivity contribution in [1.29, 1.82) is 0 Å². The molecule has 0 spiro atoms. The summed E-state index contributed by atoms with van der Waals surface area (Å²) < 4.78 is 1.76. The quantitative estimate of drug-likeness (QED) is 0.475. The average molecular weight is 343 g/mol. The third kappa shape index (κ3) is 3.73. The van der Waals surface area contributed by atoms with Crippen molar-refractivity contribution in [3.8, 4) is 0 Å². The number of aliphatic imine (C=N–C) groups is 1. The normalized spacial score (nSPS) is 12.8. The first-order valence-corrected chi connectivity index (χ1v) is 8.62. The minimum atomic E-state index is -0.285. The van der Waals surface area contributed by atoms with Gasteiger partial charge in [0.05, 0.1) is 23.1 Å². The lowest BCUT2D eigenvalue weighted by atomic mass is 10.3. The number of imidazole rings is 1. The maximum atomic E-state index is 12.7. The van der Waals surface area contributed by atoms with Gasteiger partial charge in [-0.2, -0.15) is 0 Å². The van der Waals surface area contributed by atoms with Gasteiger partial charge in [-0.3, -0.25) is 14.8 Å². The van der Waals surface area contributed by atoms with Gasteiger partial charge in [-0.25, -0.2) is 4.98 Å². The minimum Gasteiger partial charge on any atom is -0.325 e. The van der Waals surface area contributed by atoms with Crippen LogP contribution in [0.25, 0.3) is 0 Å². The summed E-state index contributed by atoms with van der Waals surface area (Å²) >= 11 is 1.57. The van der Waals surface area contributed by atoms with E-state index >= 15 is 0 Å². The summed E-state index contributed by atoms with van der Waals surface area (Å²) in [7, 11) is 3.53. The highest BCUT2D eigenvalue weighted by atomic mass is 32.2. The van der Waals surface area contributed by atoms with Crippen LogP contribution in [0.2, 0.25) is 0 Å². The number of hydrogen-bond acceptors (Lipinski definition) is 5. The van der Waals surface area contributed by atoms with Gasteiger partial charge in [0.2, 0.25) is 0 Å². The summed E-state index contributed by atoms with van der Waals surface area (Å²) in [6.07, 6.45) is 8.58.